The summed E-state index contributed by atoms with van der Waals surface area (Å²) in [4.78, 5) is 0. The van der Waals surface area contributed by atoms with Crippen LogP contribution in [0.5, 0.6) is 0 Å². The number of hydrogen-bond acceptors (Lipinski definition) is 3. The Morgan fingerprint density at radius 2 is 1.80 bits per heavy atom. The first-order chi connectivity index (χ1) is 9.51. The van der Waals surface area contributed by atoms with Crippen LogP contribution in [-0.2, 0) is 4.74 Å². The van der Waals surface area contributed by atoms with Crippen molar-refractivity contribution in [1.82, 2.24) is 5.32 Å². The van der Waals surface area contributed by atoms with Crippen molar-refractivity contribution in [3.8, 4) is 0 Å². The van der Waals surface area contributed by atoms with Gasteiger partial charge in [-0.25, -0.2) is 0 Å². The van der Waals surface area contributed by atoms with Gasteiger partial charge in [-0.2, -0.15) is 0 Å². The Kier molecular flexibility index (Phi) is 7.20. The number of benzene rings is 1. The van der Waals surface area contributed by atoms with Gasteiger partial charge in [-0.3, -0.25) is 0 Å². The Labute approximate surface area is 123 Å². The molecular weight excluding hydrogens is 250 g/mol. The van der Waals surface area contributed by atoms with E-state index >= 15 is 0 Å². The summed E-state index contributed by atoms with van der Waals surface area (Å²) in [6.07, 6.45) is 1.41. The molecule has 0 heterocycles. The zero-order valence-electron chi connectivity index (χ0n) is 13.5. The summed E-state index contributed by atoms with van der Waals surface area (Å²) >= 11 is 0. The number of aryl methyl sites for hydroxylation is 3. The molecule has 0 radical (unpaired) electrons. The molecule has 0 spiro atoms. The molecule has 2 N–H and O–H groups in total. The largest absolute Gasteiger partial charge is 0.387 e. The Morgan fingerprint density at radius 3 is 2.30 bits per heavy atom. The molecule has 0 saturated carbocycles. The summed E-state index contributed by atoms with van der Waals surface area (Å²) in [6.45, 7) is 9.98. The van der Waals surface area contributed by atoms with Crippen LogP contribution in [0.3, 0.4) is 0 Å². The van der Waals surface area contributed by atoms with Crippen LogP contribution >= 0.6 is 0 Å². The number of nitrogens with one attached hydrogen (secondary N) is 1. The highest BCUT2D eigenvalue weighted by atomic mass is 16.5. The molecule has 114 valence electrons. The van der Waals surface area contributed by atoms with Crippen molar-refractivity contribution >= 4 is 0 Å². The summed E-state index contributed by atoms with van der Waals surface area (Å²) in [7, 11) is 1.71. The standard InChI is InChI=1S/C17H29NO2/c1-6-15(18-8-7-9-20-5)17(19)16-13(3)10-12(2)11-14(16)4/h10-11,15,17-19H,6-9H2,1-5H3. The molecule has 1 aromatic carbocycles. The van der Waals surface area contributed by atoms with Crippen molar-refractivity contribution in [2.24, 2.45) is 0 Å². The first-order valence-corrected chi connectivity index (χ1v) is 7.49. The number of aliphatic hydroxyl groups excluding tert-OH is 1. The first-order valence-electron chi connectivity index (χ1n) is 7.49. The molecule has 3 heteroatoms. The molecule has 1 rings (SSSR count). The summed E-state index contributed by atoms with van der Waals surface area (Å²) < 4.78 is 5.05. The first kappa shape index (κ1) is 17.2. The van der Waals surface area contributed by atoms with E-state index in [1.165, 1.54) is 16.7 Å². The van der Waals surface area contributed by atoms with Crippen LogP contribution in [0, 0.1) is 20.8 Å². The second-order valence-corrected chi connectivity index (χ2v) is 5.57. The normalized spacial score (nSPS) is 14.3. The number of methoxy groups -OCH3 is 1. The average Bonchev–Trinajstić information content (AvgIpc) is 2.37. The second-order valence-electron chi connectivity index (χ2n) is 5.57. The quantitative estimate of drug-likeness (QED) is 0.719. The molecule has 3 nitrogen and oxygen atoms in total. The van der Waals surface area contributed by atoms with Gasteiger partial charge >= 0.3 is 0 Å². The SMILES string of the molecule is CCC(NCCCOC)C(O)c1c(C)cc(C)cc1C. The highest BCUT2D eigenvalue weighted by Gasteiger charge is 2.22. The van der Waals surface area contributed by atoms with Gasteiger partial charge in [0, 0.05) is 19.8 Å². The van der Waals surface area contributed by atoms with E-state index in [0.717, 1.165) is 31.6 Å². The zero-order chi connectivity index (χ0) is 15.1. The maximum absolute atomic E-state index is 10.7. The average molecular weight is 279 g/mol. The number of hydrogen-bond donors (Lipinski definition) is 2. The third-order valence-corrected chi connectivity index (χ3v) is 3.79. The Bertz CT molecular complexity index is 394. The summed E-state index contributed by atoms with van der Waals surface area (Å²) in [5, 5.41) is 14.1. The Balaban J connectivity index is 2.78. The maximum atomic E-state index is 10.7. The number of aliphatic hydroxyl groups is 1. The van der Waals surface area contributed by atoms with Crippen LogP contribution in [0.2, 0.25) is 0 Å². The van der Waals surface area contributed by atoms with E-state index in [4.69, 9.17) is 4.74 Å². The van der Waals surface area contributed by atoms with Crippen LogP contribution < -0.4 is 5.32 Å². The molecule has 0 aliphatic carbocycles. The summed E-state index contributed by atoms with van der Waals surface area (Å²) in [5.74, 6) is 0. The summed E-state index contributed by atoms with van der Waals surface area (Å²) in [5.41, 5.74) is 4.66. The van der Waals surface area contributed by atoms with E-state index in [9.17, 15) is 5.11 Å². The van der Waals surface area contributed by atoms with Gasteiger partial charge in [0.1, 0.15) is 0 Å². The van der Waals surface area contributed by atoms with Crippen molar-refractivity contribution in [3.05, 3.63) is 34.4 Å². The predicted octanol–water partition coefficient (Wildman–Crippen LogP) is 3.05. The fourth-order valence-corrected chi connectivity index (χ4v) is 2.84. The van der Waals surface area contributed by atoms with Gasteiger partial charge in [-0.15, -0.1) is 0 Å². The highest BCUT2D eigenvalue weighted by Crippen LogP contribution is 2.27. The van der Waals surface area contributed by atoms with Crippen molar-refractivity contribution in [3.63, 3.8) is 0 Å². The van der Waals surface area contributed by atoms with E-state index in [2.05, 4.69) is 45.1 Å². The van der Waals surface area contributed by atoms with E-state index in [-0.39, 0.29) is 6.04 Å². The van der Waals surface area contributed by atoms with Gasteiger partial charge in [0.2, 0.25) is 0 Å². The Morgan fingerprint density at radius 1 is 1.20 bits per heavy atom. The molecular formula is C17H29NO2. The molecule has 0 amide bonds. The summed E-state index contributed by atoms with van der Waals surface area (Å²) in [6, 6.07) is 4.37. The lowest BCUT2D eigenvalue weighted by atomic mass is 9.91. The van der Waals surface area contributed by atoms with Gasteiger partial charge in [-0.1, -0.05) is 24.6 Å². The minimum atomic E-state index is -0.455. The molecule has 0 saturated heterocycles. The minimum Gasteiger partial charge on any atom is -0.387 e. The molecule has 0 bridgehead atoms. The van der Waals surface area contributed by atoms with Crippen LogP contribution in [0.1, 0.15) is 48.1 Å². The molecule has 0 aliphatic rings. The molecule has 2 atom stereocenters. The molecule has 0 fully saturated rings. The van der Waals surface area contributed by atoms with Crippen LogP contribution in [0.25, 0.3) is 0 Å². The van der Waals surface area contributed by atoms with E-state index in [1.54, 1.807) is 7.11 Å². The van der Waals surface area contributed by atoms with E-state index in [0.29, 0.717) is 0 Å². The van der Waals surface area contributed by atoms with Crippen LogP contribution in [0.4, 0.5) is 0 Å². The monoisotopic (exact) mass is 279 g/mol. The molecule has 2 unspecified atom stereocenters. The van der Waals surface area contributed by atoms with Crippen LogP contribution in [0.15, 0.2) is 12.1 Å². The Hall–Kier alpha value is -0.900. The molecule has 0 aliphatic heterocycles. The van der Waals surface area contributed by atoms with Crippen molar-refractivity contribution in [2.45, 2.75) is 52.7 Å². The predicted molar refractivity (Wildman–Crippen MR) is 84.2 cm³/mol. The van der Waals surface area contributed by atoms with Gasteiger partial charge in [0.05, 0.1) is 6.10 Å². The van der Waals surface area contributed by atoms with Gasteiger partial charge < -0.3 is 15.2 Å². The topological polar surface area (TPSA) is 41.5 Å². The van der Waals surface area contributed by atoms with Gasteiger partial charge in [-0.05, 0) is 56.8 Å². The molecule has 1 aromatic rings. The fraction of sp³-hybridized carbons (Fsp3) is 0.647. The second kappa shape index (κ2) is 8.40. The van der Waals surface area contributed by atoms with Crippen molar-refractivity contribution in [1.29, 1.82) is 0 Å². The van der Waals surface area contributed by atoms with E-state index in [1.807, 2.05) is 0 Å². The number of ether oxygens (including phenoxy) is 1. The minimum absolute atomic E-state index is 0.0898. The van der Waals surface area contributed by atoms with Gasteiger partial charge in [0.25, 0.3) is 0 Å². The van der Waals surface area contributed by atoms with E-state index < -0.39 is 6.10 Å². The van der Waals surface area contributed by atoms with Gasteiger partial charge in [0.15, 0.2) is 0 Å². The zero-order valence-corrected chi connectivity index (χ0v) is 13.5. The highest BCUT2D eigenvalue weighted by molar-refractivity contribution is 5.39. The maximum Gasteiger partial charge on any atom is 0.0947 e. The fourth-order valence-electron chi connectivity index (χ4n) is 2.84. The third kappa shape index (κ3) is 4.58. The van der Waals surface area contributed by atoms with Crippen LogP contribution in [-0.4, -0.2) is 31.4 Å². The lowest BCUT2D eigenvalue weighted by Gasteiger charge is -2.26. The molecule has 20 heavy (non-hydrogen) atoms. The third-order valence-electron chi connectivity index (χ3n) is 3.79. The van der Waals surface area contributed by atoms with Crippen molar-refractivity contribution < 1.29 is 9.84 Å². The van der Waals surface area contributed by atoms with Crippen molar-refractivity contribution in [2.75, 3.05) is 20.3 Å². The lowest BCUT2D eigenvalue weighted by molar-refractivity contribution is 0.121. The lowest BCUT2D eigenvalue weighted by Crippen LogP contribution is -2.36. The smallest absolute Gasteiger partial charge is 0.0947 e. The number of rotatable bonds is 8. The molecule has 0 aromatic heterocycles.